The maximum absolute atomic E-state index is 12.2. The fourth-order valence-corrected chi connectivity index (χ4v) is 3.30. The topological polar surface area (TPSA) is 45.7 Å². The smallest absolute Gasteiger partial charge is 0.309 e. The fourth-order valence-electron chi connectivity index (χ4n) is 3.30. The molecule has 128 valence electrons. The van der Waals surface area contributed by atoms with Crippen LogP contribution in [0.15, 0.2) is 18.3 Å². The first kappa shape index (κ1) is 17.6. The maximum atomic E-state index is 12.2. The molecule has 0 aromatic carbocycles. The molecule has 1 aromatic heterocycles. The quantitative estimate of drug-likeness (QED) is 0.797. The van der Waals surface area contributed by atoms with E-state index in [4.69, 9.17) is 4.74 Å². The zero-order chi connectivity index (χ0) is 17.4. The second kappa shape index (κ2) is 6.02. The first-order valence-electron chi connectivity index (χ1n) is 8.26. The van der Waals surface area contributed by atoms with E-state index in [0.717, 1.165) is 11.5 Å². The van der Waals surface area contributed by atoms with Gasteiger partial charge in [-0.3, -0.25) is 4.79 Å². The van der Waals surface area contributed by atoms with Crippen molar-refractivity contribution in [3.8, 4) is 0 Å². The summed E-state index contributed by atoms with van der Waals surface area (Å²) in [5, 5.41) is 0. The summed E-state index contributed by atoms with van der Waals surface area (Å²) in [6.07, 6.45) is 2.03. The number of ether oxygens (including phenoxy) is 1. The van der Waals surface area contributed by atoms with E-state index in [0.29, 0.717) is 13.0 Å². The first-order valence-corrected chi connectivity index (χ1v) is 8.26. The van der Waals surface area contributed by atoms with Crippen molar-refractivity contribution in [1.82, 2.24) is 4.98 Å². The highest BCUT2D eigenvalue weighted by Crippen LogP contribution is 2.46. The Morgan fingerprint density at radius 2 is 1.78 bits per heavy atom. The third kappa shape index (κ3) is 3.43. The number of fused-ring (bicyclic) bond motifs is 1. The molecule has 0 saturated carbocycles. The molecule has 0 radical (unpaired) electrons. The van der Waals surface area contributed by atoms with Crippen molar-refractivity contribution in [3.63, 3.8) is 0 Å². The summed E-state index contributed by atoms with van der Waals surface area (Å²) in [6.45, 7) is 15.2. The summed E-state index contributed by atoms with van der Waals surface area (Å²) in [7, 11) is 0. The molecule has 0 spiro atoms. The lowest BCUT2D eigenvalue weighted by Crippen LogP contribution is -2.57. The van der Waals surface area contributed by atoms with Gasteiger partial charge in [0.1, 0.15) is 6.17 Å². The zero-order valence-corrected chi connectivity index (χ0v) is 15.4. The lowest BCUT2D eigenvalue weighted by molar-refractivity contribution is -0.143. The summed E-state index contributed by atoms with van der Waals surface area (Å²) in [5.74, 6) is 0.762. The Bertz CT molecular complexity index is 531. The molecule has 0 N–H and O–H groups in total. The number of anilines is 2. The molecular weight excluding hydrogens is 290 g/mol. The molecule has 1 aliphatic rings. The van der Waals surface area contributed by atoms with Gasteiger partial charge in [0.05, 0.1) is 18.7 Å². The minimum atomic E-state index is -0.172. The van der Waals surface area contributed by atoms with Crippen LogP contribution in [0.1, 0.15) is 54.9 Å². The van der Waals surface area contributed by atoms with Gasteiger partial charge in [-0.2, -0.15) is 0 Å². The molecule has 0 bridgehead atoms. The molecule has 2 rings (SSSR count). The van der Waals surface area contributed by atoms with Crippen molar-refractivity contribution in [2.24, 2.45) is 0 Å². The molecule has 2 heterocycles. The van der Waals surface area contributed by atoms with Crippen LogP contribution in [-0.4, -0.2) is 34.8 Å². The average molecular weight is 319 g/mol. The van der Waals surface area contributed by atoms with Crippen molar-refractivity contribution in [1.29, 1.82) is 0 Å². The first-order chi connectivity index (χ1) is 10.6. The summed E-state index contributed by atoms with van der Waals surface area (Å²) >= 11 is 0. The Morgan fingerprint density at radius 1 is 1.17 bits per heavy atom. The van der Waals surface area contributed by atoms with Gasteiger partial charge in [0.25, 0.3) is 0 Å². The van der Waals surface area contributed by atoms with E-state index >= 15 is 0 Å². The summed E-state index contributed by atoms with van der Waals surface area (Å²) < 4.78 is 5.21. The number of rotatable bonds is 3. The third-order valence-electron chi connectivity index (χ3n) is 3.95. The van der Waals surface area contributed by atoms with Crippen molar-refractivity contribution < 1.29 is 9.53 Å². The largest absolute Gasteiger partial charge is 0.466 e. The highest BCUT2D eigenvalue weighted by Gasteiger charge is 2.46. The van der Waals surface area contributed by atoms with E-state index < -0.39 is 0 Å². The molecule has 0 saturated heterocycles. The van der Waals surface area contributed by atoms with Gasteiger partial charge in [0.15, 0.2) is 5.82 Å². The molecule has 1 atom stereocenters. The normalized spacial score (nSPS) is 18.1. The molecule has 5 heteroatoms. The SMILES string of the molecule is CCOC(=O)CC1N(C(C)(C)C)c2cccnc2N1C(C)(C)C. The molecule has 1 aromatic rings. The number of hydrogen-bond donors (Lipinski definition) is 0. The molecular formula is C18H29N3O2. The van der Waals surface area contributed by atoms with Gasteiger partial charge in [0, 0.05) is 17.3 Å². The Hall–Kier alpha value is -1.78. The van der Waals surface area contributed by atoms with Crippen LogP contribution in [0.5, 0.6) is 0 Å². The standard InChI is InChI=1S/C18H29N3O2/c1-8-23-15(22)12-14-20(17(2,3)4)13-10-9-11-19-16(13)21(14)18(5,6)7/h9-11,14H,8,12H2,1-7H3. The molecule has 1 unspecified atom stereocenters. The molecule has 0 fully saturated rings. The van der Waals surface area contributed by atoms with Crippen LogP contribution < -0.4 is 9.80 Å². The monoisotopic (exact) mass is 319 g/mol. The van der Waals surface area contributed by atoms with Gasteiger partial charge < -0.3 is 14.5 Å². The van der Waals surface area contributed by atoms with Crippen molar-refractivity contribution in [3.05, 3.63) is 18.3 Å². The Kier molecular flexibility index (Phi) is 4.60. The number of hydrogen-bond acceptors (Lipinski definition) is 5. The summed E-state index contributed by atoms with van der Waals surface area (Å²) in [4.78, 5) is 21.3. The highest BCUT2D eigenvalue weighted by atomic mass is 16.5. The van der Waals surface area contributed by atoms with Gasteiger partial charge in [-0.15, -0.1) is 0 Å². The second-order valence-corrected chi connectivity index (χ2v) is 7.92. The van der Waals surface area contributed by atoms with Crippen molar-refractivity contribution in [2.75, 3.05) is 16.4 Å². The van der Waals surface area contributed by atoms with Gasteiger partial charge in [-0.25, -0.2) is 4.98 Å². The van der Waals surface area contributed by atoms with Gasteiger partial charge in [0.2, 0.25) is 0 Å². The number of esters is 1. The molecule has 5 nitrogen and oxygen atoms in total. The van der Waals surface area contributed by atoms with Crippen LogP contribution >= 0.6 is 0 Å². The fraction of sp³-hybridized carbons (Fsp3) is 0.667. The van der Waals surface area contributed by atoms with E-state index in [2.05, 4.69) is 62.4 Å². The van der Waals surface area contributed by atoms with Crippen LogP contribution in [0.4, 0.5) is 11.5 Å². The van der Waals surface area contributed by atoms with E-state index in [1.165, 1.54) is 0 Å². The van der Waals surface area contributed by atoms with E-state index in [1.807, 2.05) is 19.2 Å². The van der Waals surface area contributed by atoms with Crippen LogP contribution in [0.25, 0.3) is 0 Å². The summed E-state index contributed by atoms with van der Waals surface area (Å²) in [6, 6.07) is 4.03. The molecule has 1 aliphatic heterocycles. The lowest BCUT2D eigenvalue weighted by Gasteiger charge is -2.44. The number of nitrogens with zero attached hydrogens (tertiary/aromatic N) is 3. The average Bonchev–Trinajstić information content (AvgIpc) is 2.71. The summed E-state index contributed by atoms with van der Waals surface area (Å²) in [5.41, 5.74) is 0.791. The Labute approximate surface area is 139 Å². The number of carbonyl (C=O) groups is 1. The van der Waals surface area contributed by atoms with Crippen molar-refractivity contribution in [2.45, 2.75) is 72.1 Å². The zero-order valence-electron chi connectivity index (χ0n) is 15.4. The highest BCUT2D eigenvalue weighted by molar-refractivity contribution is 5.80. The predicted molar refractivity (Wildman–Crippen MR) is 93.7 cm³/mol. The van der Waals surface area contributed by atoms with E-state index in [-0.39, 0.29) is 23.2 Å². The van der Waals surface area contributed by atoms with Crippen LogP contribution in [-0.2, 0) is 9.53 Å². The van der Waals surface area contributed by atoms with Crippen LogP contribution in [0.2, 0.25) is 0 Å². The van der Waals surface area contributed by atoms with Crippen LogP contribution in [0.3, 0.4) is 0 Å². The number of pyridine rings is 1. The third-order valence-corrected chi connectivity index (χ3v) is 3.95. The lowest BCUT2D eigenvalue weighted by atomic mass is 10.0. The molecule has 0 amide bonds. The predicted octanol–water partition coefficient (Wildman–Crippen LogP) is 3.58. The Balaban J connectivity index is 2.52. The molecule has 23 heavy (non-hydrogen) atoms. The maximum Gasteiger partial charge on any atom is 0.309 e. The van der Waals surface area contributed by atoms with E-state index in [9.17, 15) is 4.79 Å². The van der Waals surface area contributed by atoms with Gasteiger partial charge >= 0.3 is 5.97 Å². The number of aromatic nitrogens is 1. The van der Waals surface area contributed by atoms with Crippen molar-refractivity contribution >= 4 is 17.5 Å². The minimum Gasteiger partial charge on any atom is -0.466 e. The second-order valence-electron chi connectivity index (χ2n) is 7.92. The van der Waals surface area contributed by atoms with E-state index in [1.54, 1.807) is 0 Å². The van der Waals surface area contributed by atoms with Gasteiger partial charge in [-0.05, 0) is 60.6 Å². The number of carbonyl (C=O) groups excluding carboxylic acids is 1. The van der Waals surface area contributed by atoms with Crippen LogP contribution in [0, 0.1) is 0 Å². The minimum absolute atomic E-state index is 0.0982. The Morgan fingerprint density at radius 3 is 2.30 bits per heavy atom. The van der Waals surface area contributed by atoms with Gasteiger partial charge in [-0.1, -0.05) is 0 Å². The molecule has 0 aliphatic carbocycles.